The van der Waals surface area contributed by atoms with Crippen LogP contribution in [0.5, 0.6) is 0 Å². The Hall–Kier alpha value is -0.620. The number of aliphatic hydroxyl groups excluding tert-OH is 1. The Morgan fingerprint density at radius 1 is 1.50 bits per heavy atom. The van der Waals surface area contributed by atoms with E-state index >= 15 is 0 Å². The van der Waals surface area contributed by atoms with E-state index in [4.69, 9.17) is 16.7 Å². The highest BCUT2D eigenvalue weighted by Gasteiger charge is 2.10. The lowest BCUT2D eigenvalue weighted by atomic mass is 10.3. The van der Waals surface area contributed by atoms with Crippen LogP contribution < -0.4 is 10.2 Å². The van der Waals surface area contributed by atoms with E-state index in [1.807, 2.05) is 11.9 Å². The summed E-state index contributed by atoms with van der Waals surface area (Å²) in [5.74, 6) is 0.760. The van der Waals surface area contributed by atoms with Gasteiger partial charge in [0, 0.05) is 26.2 Å². The second kappa shape index (κ2) is 8.48. The van der Waals surface area contributed by atoms with Crippen LogP contribution in [0.1, 0.15) is 19.5 Å². The second-order valence-corrected chi connectivity index (χ2v) is 4.43. The summed E-state index contributed by atoms with van der Waals surface area (Å²) in [6, 6.07) is 0.346. The molecule has 5 nitrogen and oxygen atoms in total. The topological polar surface area (TPSA) is 61.3 Å². The third-order valence-corrected chi connectivity index (χ3v) is 2.81. The zero-order chi connectivity index (χ0) is 12.8. The van der Waals surface area contributed by atoms with Crippen LogP contribution >= 0.6 is 24.0 Å². The SMILES string of the molecule is CC(C)N(C)c1cnc(CNCCO)c(Cl)n1.Cl. The van der Waals surface area contributed by atoms with Crippen LogP contribution in [0.4, 0.5) is 5.82 Å². The Balaban J connectivity index is 0.00000289. The minimum Gasteiger partial charge on any atom is -0.395 e. The first-order valence-corrected chi connectivity index (χ1v) is 6.00. The van der Waals surface area contributed by atoms with Gasteiger partial charge in [0.15, 0.2) is 5.15 Å². The van der Waals surface area contributed by atoms with Crippen molar-refractivity contribution >= 4 is 29.8 Å². The second-order valence-electron chi connectivity index (χ2n) is 4.07. The molecule has 0 fully saturated rings. The van der Waals surface area contributed by atoms with Gasteiger partial charge in [-0.1, -0.05) is 11.6 Å². The first-order chi connectivity index (χ1) is 8.06. The average Bonchev–Trinajstić information content (AvgIpc) is 2.30. The van der Waals surface area contributed by atoms with Gasteiger partial charge in [-0.05, 0) is 13.8 Å². The van der Waals surface area contributed by atoms with Crippen LogP contribution in [0.25, 0.3) is 0 Å². The first-order valence-electron chi connectivity index (χ1n) is 5.62. The predicted molar refractivity (Wildman–Crippen MR) is 76.6 cm³/mol. The number of hydrogen-bond acceptors (Lipinski definition) is 5. The van der Waals surface area contributed by atoms with Crippen LogP contribution in [-0.2, 0) is 6.54 Å². The number of nitrogens with one attached hydrogen (secondary N) is 1. The molecule has 0 aromatic carbocycles. The number of aromatic nitrogens is 2. The van der Waals surface area contributed by atoms with Crippen LogP contribution in [0, 0.1) is 0 Å². The summed E-state index contributed by atoms with van der Waals surface area (Å²) >= 11 is 6.05. The van der Waals surface area contributed by atoms with Crippen LogP contribution in [-0.4, -0.2) is 41.3 Å². The number of aliphatic hydroxyl groups is 1. The normalized spacial score (nSPS) is 10.3. The molecule has 0 bridgehead atoms. The lowest BCUT2D eigenvalue weighted by Crippen LogP contribution is -2.27. The van der Waals surface area contributed by atoms with Crippen molar-refractivity contribution in [3.05, 3.63) is 17.0 Å². The monoisotopic (exact) mass is 294 g/mol. The van der Waals surface area contributed by atoms with Crippen molar-refractivity contribution in [3.8, 4) is 0 Å². The molecule has 1 aromatic heterocycles. The molecule has 0 aliphatic rings. The van der Waals surface area contributed by atoms with Gasteiger partial charge in [0.1, 0.15) is 5.82 Å². The highest BCUT2D eigenvalue weighted by Crippen LogP contribution is 2.17. The number of hydrogen-bond donors (Lipinski definition) is 2. The van der Waals surface area contributed by atoms with Gasteiger partial charge in [-0.15, -0.1) is 12.4 Å². The van der Waals surface area contributed by atoms with Gasteiger partial charge in [0.2, 0.25) is 0 Å². The Kier molecular flexibility index (Phi) is 8.18. The quantitative estimate of drug-likeness (QED) is 0.778. The van der Waals surface area contributed by atoms with Gasteiger partial charge in [0.05, 0.1) is 18.5 Å². The van der Waals surface area contributed by atoms with Crippen LogP contribution in [0.2, 0.25) is 5.15 Å². The van der Waals surface area contributed by atoms with Crippen molar-refractivity contribution < 1.29 is 5.11 Å². The van der Waals surface area contributed by atoms with Gasteiger partial charge in [-0.25, -0.2) is 4.98 Å². The molecule has 0 spiro atoms. The molecule has 1 aromatic rings. The molecule has 0 aliphatic carbocycles. The largest absolute Gasteiger partial charge is 0.395 e. The zero-order valence-electron chi connectivity index (χ0n) is 10.9. The maximum absolute atomic E-state index is 8.65. The van der Waals surface area contributed by atoms with E-state index in [1.165, 1.54) is 0 Å². The molecule has 104 valence electrons. The molecule has 0 aliphatic heterocycles. The molecule has 0 atom stereocenters. The van der Waals surface area contributed by atoms with E-state index in [1.54, 1.807) is 6.20 Å². The fourth-order valence-electron chi connectivity index (χ4n) is 1.22. The van der Waals surface area contributed by atoms with E-state index in [-0.39, 0.29) is 19.0 Å². The summed E-state index contributed by atoms with van der Waals surface area (Å²) in [6.45, 7) is 5.28. The van der Waals surface area contributed by atoms with Crippen molar-refractivity contribution in [2.75, 3.05) is 25.1 Å². The molecule has 0 saturated heterocycles. The fourth-order valence-corrected chi connectivity index (χ4v) is 1.42. The molecule has 1 heterocycles. The van der Waals surface area contributed by atoms with E-state index in [0.717, 1.165) is 5.82 Å². The van der Waals surface area contributed by atoms with E-state index in [9.17, 15) is 0 Å². The molecule has 2 N–H and O–H groups in total. The summed E-state index contributed by atoms with van der Waals surface area (Å²) in [5.41, 5.74) is 0.695. The number of anilines is 1. The van der Waals surface area contributed by atoms with Gasteiger partial charge in [-0.3, -0.25) is 4.98 Å². The minimum absolute atomic E-state index is 0. The summed E-state index contributed by atoms with van der Waals surface area (Å²) in [6.07, 6.45) is 1.71. The van der Waals surface area contributed by atoms with E-state index < -0.39 is 0 Å². The van der Waals surface area contributed by atoms with Crippen molar-refractivity contribution in [2.24, 2.45) is 0 Å². The molecular weight excluding hydrogens is 275 g/mol. The molecular formula is C11H20Cl2N4O. The molecule has 0 saturated carbocycles. The standard InChI is InChI=1S/C11H19ClN4O.ClH/c1-8(2)16(3)10-7-14-9(11(12)15-10)6-13-4-5-17;/h7-8,13,17H,4-6H2,1-3H3;1H. The molecule has 1 rings (SSSR count). The van der Waals surface area contributed by atoms with Gasteiger partial charge in [0.25, 0.3) is 0 Å². The zero-order valence-corrected chi connectivity index (χ0v) is 12.4. The fraction of sp³-hybridized carbons (Fsp3) is 0.636. The van der Waals surface area contributed by atoms with E-state index in [2.05, 4.69) is 29.1 Å². The smallest absolute Gasteiger partial charge is 0.154 e. The Bertz CT molecular complexity index is 363. The minimum atomic E-state index is 0. The van der Waals surface area contributed by atoms with Crippen molar-refractivity contribution in [3.63, 3.8) is 0 Å². The van der Waals surface area contributed by atoms with Gasteiger partial charge in [-0.2, -0.15) is 0 Å². The van der Waals surface area contributed by atoms with Crippen molar-refractivity contribution in [1.82, 2.24) is 15.3 Å². The maximum atomic E-state index is 8.65. The van der Waals surface area contributed by atoms with Gasteiger partial charge < -0.3 is 15.3 Å². The summed E-state index contributed by atoms with van der Waals surface area (Å²) in [5, 5.41) is 12.1. The number of nitrogens with zero attached hydrogens (tertiary/aromatic N) is 3. The third-order valence-electron chi connectivity index (χ3n) is 2.50. The van der Waals surface area contributed by atoms with Crippen LogP contribution in [0.3, 0.4) is 0 Å². The van der Waals surface area contributed by atoms with E-state index in [0.29, 0.717) is 30.0 Å². The lowest BCUT2D eigenvalue weighted by Gasteiger charge is -2.22. The summed E-state index contributed by atoms with van der Waals surface area (Å²) in [4.78, 5) is 10.6. The Morgan fingerprint density at radius 3 is 2.67 bits per heavy atom. The average molecular weight is 295 g/mol. The number of rotatable bonds is 6. The van der Waals surface area contributed by atoms with Crippen molar-refractivity contribution in [1.29, 1.82) is 0 Å². The molecule has 7 heteroatoms. The van der Waals surface area contributed by atoms with Crippen LogP contribution in [0.15, 0.2) is 6.20 Å². The van der Waals surface area contributed by atoms with Crippen molar-refractivity contribution in [2.45, 2.75) is 26.4 Å². The Labute approximate surface area is 119 Å². The lowest BCUT2D eigenvalue weighted by molar-refractivity contribution is 0.291. The molecule has 0 radical (unpaired) electrons. The molecule has 0 amide bonds. The maximum Gasteiger partial charge on any atom is 0.154 e. The third kappa shape index (κ3) is 4.94. The Morgan fingerprint density at radius 2 is 2.17 bits per heavy atom. The molecule has 18 heavy (non-hydrogen) atoms. The highest BCUT2D eigenvalue weighted by atomic mass is 35.5. The predicted octanol–water partition coefficient (Wildman–Crippen LogP) is 1.48. The highest BCUT2D eigenvalue weighted by molar-refractivity contribution is 6.30. The summed E-state index contributed by atoms with van der Waals surface area (Å²) < 4.78 is 0. The molecule has 0 unspecified atom stereocenters. The number of halogens is 2. The first kappa shape index (κ1) is 17.4. The summed E-state index contributed by atoms with van der Waals surface area (Å²) in [7, 11) is 1.95. The van der Waals surface area contributed by atoms with Gasteiger partial charge >= 0.3 is 0 Å².